The van der Waals surface area contributed by atoms with Crippen LogP contribution in [-0.4, -0.2) is 66.9 Å². The topological polar surface area (TPSA) is 105 Å². The van der Waals surface area contributed by atoms with Gasteiger partial charge in [-0.3, -0.25) is 9.59 Å². The van der Waals surface area contributed by atoms with Crippen molar-refractivity contribution >= 4 is 18.0 Å². The van der Waals surface area contributed by atoms with Crippen LogP contribution in [0.15, 0.2) is 48.5 Å². The first-order valence-corrected chi connectivity index (χ1v) is 11.5. The normalized spacial score (nSPS) is 19.9. The lowest BCUT2D eigenvalue weighted by Gasteiger charge is -2.31. The van der Waals surface area contributed by atoms with Gasteiger partial charge in [0.2, 0.25) is 5.91 Å². The van der Waals surface area contributed by atoms with Gasteiger partial charge in [0.15, 0.2) is 0 Å². The number of nitrogens with one attached hydrogen (secondary N) is 1. The minimum absolute atomic E-state index is 0.0593. The number of ether oxygens (including phenoxy) is 2. The van der Waals surface area contributed by atoms with Crippen LogP contribution in [0.2, 0.25) is 0 Å². The summed E-state index contributed by atoms with van der Waals surface area (Å²) >= 11 is 0. The lowest BCUT2D eigenvalue weighted by Crippen LogP contribution is -2.54. The van der Waals surface area contributed by atoms with E-state index in [1.54, 1.807) is 7.05 Å². The van der Waals surface area contributed by atoms with Crippen molar-refractivity contribution in [2.75, 3.05) is 26.9 Å². The van der Waals surface area contributed by atoms with E-state index in [0.717, 1.165) is 22.3 Å². The first-order chi connectivity index (χ1) is 16.3. The van der Waals surface area contributed by atoms with Crippen molar-refractivity contribution in [1.29, 1.82) is 0 Å². The second-order valence-corrected chi connectivity index (χ2v) is 9.19. The van der Waals surface area contributed by atoms with Crippen LogP contribution < -0.4 is 5.32 Å². The number of carboxylic acid groups (broad SMARTS) is 1. The number of rotatable bonds is 7. The molecule has 2 aliphatic rings. The molecule has 34 heavy (non-hydrogen) atoms. The highest BCUT2D eigenvalue weighted by molar-refractivity contribution is 5.87. The second-order valence-electron chi connectivity index (χ2n) is 9.19. The Balaban J connectivity index is 1.42. The maximum Gasteiger partial charge on any atom is 0.407 e. The SMILES string of the molecule is CC(C)C(NC(=O)OCC1c2ccccc2-c2ccccc21)C(=O)N(C)C1COCC1C(=O)O. The van der Waals surface area contributed by atoms with Gasteiger partial charge in [0, 0.05) is 13.0 Å². The molecule has 2 aromatic carbocycles. The van der Waals surface area contributed by atoms with Crippen LogP contribution in [0.1, 0.15) is 30.9 Å². The molecule has 180 valence electrons. The van der Waals surface area contributed by atoms with Crippen molar-refractivity contribution in [3.63, 3.8) is 0 Å². The molecule has 1 saturated heterocycles. The van der Waals surface area contributed by atoms with Crippen LogP contribution in [0.25, 0.3) is 11.1 Å². The summed E-state index contributed by atoms with van der Waals surface area (Å²) in [4.78, 5) is 38.8. The van der Waals surface area contributed by atoms with Gasteiger partial charge < -0.3 is 24.8 Å². The molecule has 1 aliphatic carbocycles. The summed E-state index contributed by atoms with van der Waals surface area (Å²) in [5.74, 6) is -2.48. The fourth-order valence-corrected chi connectivity index (χ4v) is 4.82. The number of carbonyl (C=O) groups excluding carboxylic acids is 2. The van der Waals surface area contributed by atoms with E-state index in [4.69, 9.17) is 9.47 Å². The van der Waals surface area contributed by atoms with Crippen LogP contribution >= 0.6 is 0 Å². The van der Waals surface area contributed by atoms with Gasteiger partial charge in [0.05, 0.1) is 19.3 Å². The molecular formula is C26H30N2O6. The molecule has 0 spiro atoms. The zero-order valence-electron chi connectivity index (χ0n) is 19.6. The summed E-state index contributed by atoms with van der Waals surface area (Å²) in [6.07, 6.45) is -0.681. The molecule has 3 atom stereocenters. The van der Waals surface area contributed by atoms with E-state index in [-0.39, 0.29) is 37.6 Å². The summed E-state index contributed by atoms with van der Waals surface area (Å²) in [6.45, 7) is 3.99. The Bertz CT molecular complexity index is 1040. The van der Waals surface area contributed by atoms with Gasteiger partial charge in [-0.15, -0.1) is 0 Å². The Labute approximate surface area is 198 Å². The maximum absolute atomic E-state index is 13.2. The number of carbonyl (C=O) groups is 3. The lowest BCUT2D eigenvalue weighted by molar-refractivity contribution is -0.145. The van der Waals surface area contributed by atoms with Gasteiger partial charge in [0.1, 0.15) is 18.6 Å². The highest BCUT2D eigenvalue weighted by Gasteiger charge is 2.41. The molecule has 3 unspecified atom stereocenters. The first-order valence-electron chi connectivity index (χ1n) is 11.5. The molecule has 8 heteroatoms. The Morgan fingerprint density at radius 2 is 1.65 bits per heavy atom. The van der Waals surface area contributed by atoms with E-state index < -0.39 is 30.1 Å². The van der Waals surface area contributed by atoms with Crippen molar-refractivity contribution < 1.29 is 29.0 Å². The van der Waals surface area contributed by atoms with E-state index in [2.05, 4.69) is 17.4 Å². The molecule has 2 amide bonds. The smallest absolute Gasteiger partial charge is 0.407 e. The third kappa shape index (κ3) is 4.50. The molecule has 2 N–H and O–H groups in total. The zero-order chi connectivity index (χ0) is 24.4. The lowest BCUT2D eigenvalue weighted by atomic mass is 9.98. The van der Waals surface area contributed by atoms with E-state index >= 15 is 0 Å². The largest absolute Gasteiger partial charge is 0.481 e. The summed E-state index contributed by atoms with van der Waals surface area (Å²) in [7, 11) is 1.55. The fraction of sp³-hybridized carbons (Fsp3) is 0.423. The minimum Gasteiger partial charge on any atom is -0.481 e. The number of likely N-dealkylation sites (N-methyl/N-ethyl adjacent to an activating group) is 1. The molecule has 1 heterocycles. The van der Waals surface area contributed by atoms with E-state index in [0.29, 0.717) is 0 Å². The average molecular weight is 467 g/mol. The van der Waals surface area contributed by atoms with Crippen LogP contribution in [0.4, 0.5) is 4.79 Å². The summed E-state index contributed by atoms with van der Waals surface area (Å²) in [5, 5.41) is 12.1. The first kappa shape index (κ1) is 23.8. The molecule has 0 saturated carbocycles. The van der Waals surface area contributed by atoms with E-state index in [9.17, 15) is 19.5 Å². The molecular weight excluding hydrogens is 436 g/mol. The maximum atomic E-state index is 13.2. The van der Waals surface area contributed by atoms with Crippen LogP contribution in [-0.2, 0) is 19.1 Å². The highest BCUT2D eigenvalue weighted by Crippen LogP contribution is 2.44. The van der Waals surface area contributed by atoms with Gasteiger partial charge in [-0.2, -0.15) is 0 Å². The van der Waals surface area contributed by atoms with Gasteiger partial charge >= 0.3 is 12.1 Å². The number of amides is 2. The minimum atomic E-state index is -1.01. The van der Waals surface area contributed by atoms with E-state index in [1.807, 2.05) is 50.2 Å². The Kier molecular flexibility index (Phi) is 6.88. The molecule has 0 radical (unpaired) electrons. The third-order valence-corrected chi connectivity index (χ3v) is 6.76. The number of hydrogen-bond donors (Lipinski definition) is 2. The summed E-state index contributed by atoms with van der Waals surface area (Å²) in [5.41, 5.74) is 4.48. The molecule has 4 rings (SSSR count). The van der Waals surface area contributed by atoms with Crippen molar-refractivity contribution in [1.82, 2.24) is 10.2 Å². The Morgan fingerprint density at radius 1 is 1.06 bits per heavy atom. The van der Waals surface area contributed by atoms with Crippen LogP contribution in [0.5, 0.6) is 0 Å². The van der Waals surface area contributed by atoms with Gasteiger partial charge in [0.25, 0.3) is 0 Å². The summed E-state index contributed by atoms with van der Waals surface area (Å²) in [6, 6.07) is 14.7. The van der Waals surface area contributed by atoms with Crippen molar-refractivity contribution in [2.45, 2.75) is 31.8 Å². The quantitative estimate of drug-likeness (QED) is 0.650. The predicted octanol–water partition coefficient (Wildman–Crippen LogP) is 3.11. The van der Waals surface area contributed by atoms with Crippen molar-refractivity contribution in [3.8, 4) is 11.1 Å². The number of benzene rings is 2. The number of aliphatic carboxylic acids is 1. The molecule has 8 nitrogen and oxygen atoms in total. The Hall–Kier alpha value is -3.39. The molecule has 0 aromatic heterocycles. The van der Waals surface area contributed by atoms with Crippen molar-refractivity contribution in [3.05, 3.63) is 59.7 Å². The fourth-order valence-electron chi connectivity index (χ4n) is 4.82. The number of alkyl carbamates (subject to hydrolysis) is 1. The number of hydrogen-bond acceptors (Lipinski definition) is 5. The van der Waals surface area contributed by atoms with Crippen molar-refractivity contribution in [2.24, 2.45) is 11.8 Å². The highest BCUT2D eigenvalue weighted by atomic mass is 16.5. The van der Waals surface area contributed by atoms with Gasteiger partial charge in [-0.1, -0.05) is 62.4 Å². The molecule has 1 fully saturated rings. The zero-order valence-corrected chi connectivity index (χ0v) is 19.6. The summed E-state index contributed by atoms with van der Waals surface area (Å²) < 4.78 is 10.9. The second kappa shape index (κ2) is 9.85. The molecule has 0 bridgehead atoms. The van der Waals surface area contributed by atoms with Gasteiger partial charge in [-0.05, 0) is 28.2 Å². The monoisotopic (exact) mass is 466 g/mol. The number of fused-ring (bicyclic) bond motifs is 3. The van der Waals surface area contributed by atoms with Crippen LogP contribution in [0.3, 0.4) is 0 Å². The number of nitrogens with zero attached hydrogens (tertiary/aromatic N) is 1. The van der Waals surface area contributed by atoms with Gasteiger partial charge in [-0.25, -0.2) is 4.79 Å². The standard InChI is InChI=1S/C26H30N2O6/c1-15(2)23(24(29)28(3)22-14-33-12-21(22)25(30)31)27-26(32)34-13-20-18-10-6-4-8-16(18)17-9-5-7-11-19(17)20/h4-11,15,20-23H,12-14H2,1-3H3,(H,27,32)(H,30,31). The Morgan fingerprint density at radius 3 is 2.21 bits per heavy atom. The predicted molar refractivity (Wildman–Crippen MR) is 125 cm³/mol. The number of carboxylic acids is 1. The average Bonchev–Trinajstić information content (AvgIpc) is 3.44. The third-order valence-electron chi connectivity index (χ3n) is 6.76. The van der Waals surface area contributed by atoms with E-state index in [1.165, 1.54) is 4.90 Å². The molecule has 1 aliphatic heterocycles. The molecule has 2 aromatic rings. The van der Waals surface area contributed by atoms with Crippen LogP contribution in [0, 0.1) is 11.8 Å².